The largest absolute Gasteiger partial charge is 0.496 e. The van der Waals surface area contributed by atoms with E-state index in [0.717, 1.165) is 12.2 Å². The molecule has 1 amide bonds. The Morgan fingerprint density at radius 3 is 2.63 bits per heavy atom. The highest BCUT2D eigenvalue weighted by Crippen LogP contribution is 2.17. The fraction of sp³-hybridized carbons (Fsp3) is 0.400. The van der Waals surface area contributed by atoms with Gasteiger partial charge in [0.2, 0.25) is 0 Å². The number of rotatable bonds is 4. The summed E-state index contributed by atoms with van der Waals surface area (Å²) in [6.07, 6.45) is 0.901. The van der Waals surface area contributed by atoms with Gasteiger partial charge >= 0.3 is 0 Å². The molecule has 1 aliphatic heterocycles. The highest BCUT2D eigenvalue weighted by Gasteiger charge is 2.22. The number of benzene rings is 1. The Kier molecular flexibility index (Phi) is 4.10. The molecule has 1 fully saturated rings. The number of ether oxygens (including phenoxy) is 2. The summed E-state index contributed by atoms with van der Waals surface area (Å²) in [7, 11) is 0. The van der Waals surface area contributed by atoms with Crippen molar-refractivity contribution >= 4 is 5.91 Å². The molecule has 0 bridgehead atoms. The maximum Gasteiger partial charge on any atom is 0.251 e. The normalized spacial score (nSPS) is 18.3. The predicted octanol–water partition coefficient (Wildman–Crippen LogP) is 2.51. The van der Waals surface area contributed by atoms with Gasteiger partial charge in [0.25, 0.3) is 5.91 Å². The molecular weight excluding hydrogens is 242 g/mol. The summed E-state index contributed by atoms with van der Waals surface area (Å²) in [5.74, 6) is 1.28. The SMILES string of the molecule is C=C1OCC[C@H]1NC(=O)c1ccc(OC(C)C)cc1. The summed E-state index contributed by atoms with van der Waals surface area (Å²) in [6, 6.07) is 7.03. The minimum atomic E-state index is -0.118. The van der Waals surface area contributed by atoms with Gasteiger partial charge in [-0.15, -0.1) is 0 Å². The van der Waals surface area contributed by atoms with Crippen LogP contribution in [0.4, 0.5) is 0 Å². The third-order valence-electron chi connectivity index (χ3n) is 2.88. The van der Waals surface area contributed by atoms with Crippen LogP contribution in [0.2, 0.25) is 0 Å². The lowest BCUT2D eigenvalue weighted by molar-refractivity contribution is 0.0941. The molecule has 2 rings (SSSR count). The summed E-state index contributed by atoms with van der Waals surface area (Å²) < 4.78 is 10.8. The average Bonchev–Trinajstić information content (AvgIpc) is 2.75. The summed E-state index contributed by atoms with van der Waals surface area (Å²) >= 11 is 0. The number of nitrogens with one attached hydrogen (secondary N) is 1. The van der Waals surface area contributed by atoms with Crippen LogP contribution in [0.15, 0.2) is 36.6 Å². The number of carbonyl (C=O) groups excluding carboxylic acids is 1. The number of hydrogen-bond donors (Lipinski definition) is 1. The molecule has 19 heavy (non-hydrogen) atoms. The molecule has 0 spiro atoms. The van der Waals surface area contributed by atoms with Gasteiger partial charge in [0.1, 0.15) is 11.5 Å². The Balaban J connectivity index is 1.97. The van der Waals surface area contributed by atoms with Crippen molar-refractivity contribution in [1.82, 2.24) is 5.32 Å². The molecule has 0 aromatic heterocycles. The zero-order valence-electron chi connectivity index (χ0n) is 11.3. The highest BCUT2D eigenvalue weighted by atomic mass is 16.5. The Labute approximate surface area is 113 Å². The van der Waals surface area contributed by atoms with Crippen LogP contribution in [0.25, 0.3) is 0 Å². The molecule has 1 aliphatic rings. The highest BCUT2D eigenvalue weighted by molar-refractivity contribution is 5.94. The van der Waals surface area contributed by atoms with E-state index in [4.69, 9.17) is 9.47 Å². The van der Waals surface area contributed by atoms with E-state index in [2.05, 4.69) is 11.9 Å². The van der Waals surface area contributed by atoms with Crippen LogP contribution in [-0.2, 0) is 4.74 Å². The lowest BCUT2D eigenvalue weighted by Crippen LogP contribution is -2.33. The van der Waals surface area contributed by atoms with Crippen LogP contribution in [-0.4, -0.2) is 24.7 Å². The lowest BCUT2D eigenvalue weighted by atomic mass is 10.1. The molecule has 0 aliphatic carbocycles. The molecule has 1 aromatic carbocycles. The first kappa shape index (κ1) is 13.5. The molecule has 1 atom stereocenters. The average molecular weight is 261 g/mol. The molecule has 102 valence electrons. The van der Waals surface area contributed by atoms with Gasteiger partial charge < -0.3 is 14.8 Å². The van der Waals surface area contributed by atoms with E-state index >= 15 is 0 Å². The molecule has 4 nitrogen and oxygen atoms in total. The minimum absolute atomic E-state index is 0.0842. The van der Waals surface area contributed by atoms with Gasteiger partial charge in [0.15, 0.2) is 0 Å². The third kappa shape index (κ3) is 3.50. The lowest BCUT2D eigenvalue weighted by Gasteiger charge is -2.13. The summed E-state index contributed by atoms with van der Waals surface area (Å²) in [5.41, 5.74) is 0.607. The molecule has 4 heteroatoms. The second-order valence-corrected chi connectivity index (χ2v) is 4.82. The monoisotopic (exact) mass is 261 g/mol. The van der Waals surface area contributed by atoms with Crippen molar-refractivity contribution in [1.29, 1.82) is 0 Å². The Morgan fingerprint density at radius 1 is 1.42 bits per heavy atom. The van der Waals surface area contributed by atoms with E-state index in [9.17, 15) is 4.79 Å². The molecule has 1 saturated heterocycles. The first-order valence-corrected chi connectivity index (χ1v) is 6.45. The Hall–Kier alpha value is -1.97. The fourth-order valence-corrected chi connectivity index (χ4v) is 1.92. The van der Waals surface area contributed by atoms with Crippen molar-refractivity contribution in [2.24, 2.45) is 0 Å². The molecule has 0 radical (unpaired) electrons. The fourth-order valence-electron chi connectivity index (χ4n) is 1.92. The summed E-state index contributed by atoms with van der Waals surface area (Å²) in [5, 5.41) is 2.90. The van der Waals surface area contributed by atoms with Gasteiger partial charge in [-0.3, -0.25) is 4.79 Å². The molecule has 1 aromatic rings. The zero-order chi connectivity index (χ0) is 13.8. The van der Waals surface area contributed by atoms with Crippen molar-refractivity contribution in [2.75, 3.05) is 6.61 Å². The zero-order valence-corrected chi connectivity index (χ0v) is 11.3. The van der Waals surface area contributed by atoms with E-state index in [1.807, 2.05) is 13.8 Å². The van der Waals surface area contributed by atoms with E-state index in [0.29, 0.717) is 17.9 Å². The maximum atomic E-state index is 12.0. The number of amides is 1. The molecule has 1 N–H and O–H groups in total. The molecule has 0 saturated carbocycles. The van der Waals surface area contributed by atoms with E-state index in [1.165, 1.54) is 0 Å². The van der Waals surface area contributed by atoms with Crippen LogP contribution in [0.1, 0.15) is 30.6 Å². The number of carbonyl (C=O) groups is 1. The van der Waals surface area contributed by atoms with Crippen molar-refractivity contribution in [3.8, 4) is 5.75 Å². The van der Waals surface area contributed by atoms with Crippen LogP contribution < -0.4 is 10.1 Å². The van der Waals surface area contributed by atoms with Crippen LogP contribution in [0.5, 0.6) is 5.75 Å². The number of hydrogen-bond acceptors (Lipinski definition) is 3. The van der Waals surface area contributed by atoms with E-state index in [1.54, 1.807) is 24.3 Å². The van der Waals surface area contributed by atoms with Gasteiger partial charge in [-0.25, -0.2) is 0 Å². The van der Waals surface area contributed by atoms with Gasteiger partial charge in [0.05, 0.1) is 18.8 Å². The Morgan fingerprint density at radius 2 is 2.11 bits per heavy atom. The quantitative estimate of drug-likeness (QED) is 0.906. The summed E-state index contributed by atoms with van der Waals surface area (Å²) in [6.45, 7) is 8.32. The smallest absolute Gasteiger partial charge is 0.251 e. The molecule has 1 heterocycles. The third-order valence-corrected chi connectivity index (χ3v) is 2.88. The van der Waals surface area contributed by atoms with Gasteiger partial charge in [-0.1, -0.05) is 6.58 Å². The molecule has 0 unspecified atom stereocenters. The van der Waals surface area contributed by atoms with Crippen LogP contribution in [0, 0.1) is 0 Å². The predicted molar refractivity (Wildman–Crippen MR) is 73.2 cm³/mol. The standard InChI is InChI=1S/C15H19NO3/c1-10(2)19-13-6-4-12(5-7-13)15(17)16-14-8-9-18-11(14)3/h4-7,10,14H,3,8-9H2,1-2H3,(H,16,17)/t14-/m1/s1. The molecular formula is C15H19NO3. The minimum Gasteiger partial charge on any atom is -0.496 e. The van der Waals surface area contributed by atoms with Crippen LogP contribution >= 0.6 is 0 Å². The Bertz CT molecular complexity index is 465. The van der Waals surface area contributed by atoms with Crippen molar-refractivity contribution < 1.29 is 14.3 Å². The van der Waals surface area contributed by atoms with E-state index in [-0.39, 0.29) is 18.1 Å². The van der Waals surface area contributed by atoms with Gasteiger partial charge in [0, 0.05) is 12.0 Å². The van der Waals surface area contributed by atoms with Crippen molar-refractivity contribution in [3.63, 3.8) is 0 Å². The van der Waals surface area contributed by atoms with Crippen LogP contribution in [0.3, 0.4) is 0 Å². The van der Waals surface area contributed by atoms with Crippen molar-refractivity contribution in [2.45, 2.75) is 32.4 Å². The maximum absolute atomic E-state index is 12.0. The topological polar surface area (TPSA) is 47.6 Å². The second-order valence-electron chi connectivity index (χ2n) is 4.82. The summed E-state index contributed by atoms with van der Waals surface area (Å²) in [4.78, 5) is 12.0. The van der Waals surface area contributed by atoms with Gasteiger partial charge in [-0.2, -0.15) is 0 Å². The van der Waals surface area contributed by atoms with Crippen molar-refractivity contribution in [3.05, 3.63) is 42.2 Å². The first-order chi connectivity index (χ1) is 9.06. The van der Waals surface area contributed by atoms with Gasteiger partial charge in [-0.05, 0) is 38.1 Å². The van der Waals surface area contributed by atoms with E-state index < -0.39 is 0 Å². The first-order valence-electron chi connectivity index (χ1n) is 6.45. The second kappa shape index (κ2) is 5.78.